The van der Waals surface area contributed by atoms with Gasteiger partial charge in [-0.2, -0.15) is 0 Å². The molecule has 0 saturated carbocycles. The molecule has 0 aliphatic rings. The van der Waals surface area contributed by atoms with Gasteiger partial charge in [-0.15, -0.1) is 0 Å². The number of benzene rings is 1. The fourth-order valence-corrected chi connectivity index (χ4v) is 1.65. The van der Waals surface area contributed by atoms with E-state index in [1.54, 1.807) is 6.20 Å². The van der Waals surface area contributed by atoms with E-state index in [1.165, 1.54) is 0 Å². The van der Waals surface area contributed by atoms with Crippen LogP contribution in [0.5, 0.6) is 0 Å². The summed E-state index contributed by atoms with van der Waals surface area (Å²) in [6, 6.07) is 10.0. The van der Waals surface area contributed by atoms with E-state index in [0.717, 1.165) is 11.6 Å². The van der Waals surface area contributed by atoms with Gasteiger partial charge in [-0.05, 0) is 12.1 Å². The summed E-state index contributed by atoms with van der Waals surface area (Å²) in [5.41, 5.74) is 1.08. The molecule has 0 amide bonds. The maximum absolute atomic E-state index is 8.95. The first-order valence-electron chi connectivity index (χ1n) is 5.23. The van der Waals surface area contributed by atoms with Gasteiger partial charge in [0.05, 0.1) is 6.61 Å². The highest BCUT2D eigenvalue weighted by atomic mass is 16.3. The normalized spacial score (nSPS) is 10.4. The second kappa shape index (κ2) is 4.81. The van der Waals surface area contributed by atoms with Gasteiger partial charge >= 0.3 is 0 Å². The average Bonchev–Trinajstić information content (AvgIpc) is 2.78. The Morgan fingerprint density at radius 1 is 1.31 bits per heavy atom. The summed E-state index contributed by atoms with van der Waals surface area (Å²) in [6.07, 6.45) is 3.61. The van der Waals surface area contributed by atoms with E-state index in [-0.39, 0.29) is 6.61 Å². The molecule has 0 spiro atoms. The quantitative estimate of drug-likeness (QED) is 0.846. The summed E-state index contributed by atoms with van der Waals surface area (Å²) in [5.74, 6) is 0.834. The Kier molecular flexibility index (Phi) is 3.22. The predicted molar refractivity (Wildman–Crippen MR) is 63.8 cm³/mol. The van der Waals surface area contributed by atoms with E-state index >= 15 is 0 Å². The molecular weight excluding hydrogens is 202 g/mol. The lowest BCUT2D eigenvalue weighted by Gasteiger charge is -2.19. The van der Waals surface area contributed by atoms with Crippen LogP contribution in [-0.4, -0.2) is 28.3 Å². The smallest absolute Gasteiger partial charge is 0.209 e. The van der Waals surface area contributed by atoms with E-state index < -0.39 is 0 Å². The SMILES string of the molecule is CN(c1ccccc1)c1nccn1CCO. The predicted octanol–water partition coefficient (Wildman–Crippen LogP) is 1.64. The molecule has 0 aliphatic heterocycles. The van der Waals surface area contributed by atoms with Crippen molar-refractivity contribution in [2.75, 3.05) is 18.6 Å². The second-order valence-electron chi connectivity index (χ2n) is 3.54. The number of aliphatic hydroxyl groups is 1. The Morgan fingerprint density at radius 2 is 2.06 bits per heavy atom. The van der Waals surface area contributed by atoms with Crippen LogP contribution in [0.4, 0.5) is 11.6 Å². The Hall–Kier alpha value is -1.81. The number of hydrogen-bond donors (Lipinski definition) is 1. The number of para-hydroxylation sites is 1. The van der Waals surface area contributed by atoms with Crippen molar-refractivity contribution in [2.45, 2.75) is 6.54 Å². The molecule has 0 saturated heterocycles. The molecule has 84 valence electrons. The molecule has 4 heteroatoms. The summed E-state index contributed by atoms with van der Waals surface area (Å²) in [6.45, 7) is 0.679. The minimum absolute atomic E-state index is 0.117. The Morgan fingerprint density at radius 3 is 2.75 bits per heavy atom. The summed E-state index contributed by atoms with van der Waals surface area (Å²) in [4.78, 5) is 6.28. The molecule has 1 aromatic heterocycles. The maximum Gasteiger partial charge on any atom is 0.209 e. The maximum atomic E-state index is 8.95. The molecule has 0 aliphatic carbocycles. The highest BCUT2D eigenvalue weighted by Gasteiger charge is 2.09. The highest BCUT2D eigenvalue weighted by Crippen LogP contribution is 2.20. The van der Waals surface area contributed by atoms with Gasteiger partial charge in [0.1, 0.15) is 0 Å². The van der Waals surface area contributed by atoms with Crippen LogP contribution in [0, 0.1) is 0 Å². The Balaban J connectivity index is 2.27. The summed E-state index contributed by atoms with van der Waals surface area (Å²) < 4.78 is 1.92. The minimum atomic E-state index is 0.117. The largest absolute Gasteiger partial charge is 0.395 e. The van der Waals surface area contributed by atoms with Gasteiger partial charge in [0.25, 0.3) is 0 Å². The van der Waals surface area contributed by atoms with Crippen LogP contribution in [0.15, 0.2) is 42.7 Å². The molecule has 0 unspecified atom stereocenters. The van der Waals surface area contributed by atoms with Crippen molar-refractivity contribution in [3.63, 3.8) is 0 Å². The third-order valence-corrected chi connectivity index (χ3v) is 2.48. The third-order valence-electron chi connectivity index (χ3n) is 2.48. The molecule has 0 radical (unpaired) electrons. The van der Waals surface area contributed by atoms with Crippen LogP contribution in [0.25, 0.3) is 0 Å². The highest BCUT2D eigenvalue weighted by molar-refractivity contribution is 5.56. The molecular formula is C12H15N3O. The van der Waals surface area contributed by atoms with E-state index in [0.29, 0.717) is 6.54 Å². The molecule has 16 heavy (non-hydrogen) atoms. The third kappa shape index (κ3) is 2.06. The van der Waals surface area contributed by atoms with Gasteiger partial charge in [0.15, 0.2) is 0 Å². The number of aliphatic hydroxyl groups excluding tert-OH is 1. The summed E-state index contributed by atoms with van der Waals surface area (Å²) in [5, 5.41) is 8.95. The lowest BCUT2D eigenvalue weighted by Crippen LogP contribution is -2.16. The molecule has 0 fully saturated rings. The van der Waals surface area contributed by atoms with E-state index in [1.807, 2.05) is 53.0 Å². The zero-order chi connectivity index (χ0) is 11.4. The van der Waals surface area contributed by atoms with Crippen molar-refractivity contribution in [1.29, 1.82) is 0 Å². The number of nitrogens with zero attached hydrogens (tertiary/aromatic N) is 3. The average molecular weight is 217 g/mol. The summed E-state index contributed by atoms with van der Waals surface area (Å²) in [7, 11) is 1.96. The molecule has 1 heterocycles. The number of anilines is 2. The van der Waals surface area contributed by atoms with Gasteiger partial charge < -0.3 is 14.6 Å². The van der Waals surface area contributed by atoms with Crippen molar-refractivity contribution < 1.29 is 5.11 Å². The number of imidazole rings is 1. The van der Waals surface area contributed by atoms with Crippen LogP contribution < -0.4 is 4.90 Å². The van der Waals surface area contributed by atoms with Crippen molar-refractivity contribution in [1.82, 2.24) is 9.55 Å². The van der Waals surface area contributed by atoms with Crippen molar-refractivity contribution >= 4 is 11.6 Å². The number of aromatic nitrogens is 2. The zero-order valence-electron chi connectivity index (χ0n) is 9.24. The molecule has 1 aromatic carbocycles. The molecule has 1 N–H and O–H groups in total. The monoisotopic (exact) mass is 217 g/mol. The number of hydrogen-bond acceptors (Lipinski definition) is 3. The first-order chi connectivity index (χ1) is 7.83. The lowest BCUT2D eigenvalue weighted by atomic mass is 10.3. The standard InChI is InChI=1S/C12H15N3O/c1-14(11-5-3-2-4-6-11)12-13-7-8-15(12)9-10-16/h2-8,16H,9-10H2,1H3. The van der Waals surface area contributed by atoms with Crippen molar-refractivity contribution in [2.24, 2.45) is 0 Å². The van der Waals surface area contributed by atoms with Crippen LogP contribution >= 0.6 is 0 Å². The molecule has 2 aromatic rings. The first kappa shape index (κ1) is 10.7. The van der Waals surface area contributed by atoms with Gasteiger partial charge in [0.2, 0.25) is 5.95 Å². The van der Waals surface area contributed by atoms with Crippen LogP contribution in [0.1, 0.15) is 0 Å². The van der Waals surface area contributed by atoms with Crippen LogP contribution in [-0.2, 0) is 6.54 Å². The van der Waals surface area contributed by atoms with E-state index in [2.05, 4.69) is 4.98 Å². The topological polar surface area (TPSA) is 41.3 Å². The number of rotatable bonds is 4. The van der Waals surface area contributed by atoms with E-state index in [9.17, 15) is 0 Å². The van der Waals surface area contributed by atoms with Gasteiger partial charge in [-0.1, -0.05) is 18.2 Å². The molecule has 0 atom stereocenters. The van der Waals surface area contributed by atoms with Gasteiger partial charge in [0, 0.05) is 31.7 Å². The van der Waals surface area contributed by atoms with E-state index in [4.69, 9.17) is 5.11 Å². The summed E-state index contributed by atoms with van der Waals surface area (Å²) >= 11 is 0. The molecule has 2 rings (SSSR count). The first-order valence-corrected chi connectivity index (χ1v) is 5.23. The minimum Gasteiger partial charge on any atom is -0.395 e. The fourth-order valence-electron chi connectivity index (χ4n) is 1.65. The van der Waals surface area contributed by atoms with Crippen LogP contribution in [0.3, 0.4) is 0 Å². The second-order valence-corrected chi connectivity index (χ2v) is 3.54. The van der Waals surface area contributed by atoms with Crippen molar-refractivity contribution in [3.05, 3.63) is 42.7 Å². The van der Waals surface area contributed by atoms with Crippen molar-refractivity contribution in [3.8, 4) is 0 Å². The molecule has 0 bridgehead atoms. The Labute approximate surface area is 94.8 Å². The fraction of sp³-hybridized carbons (Fsp3) is 0.250. The Bertz CT molecular complexity index is 439. The van der Waals surface area contributed by atoms with Gasteiger partial charge in [-0.3, -0.25) is 0 Å². The van der Waals surface area contributed by atoms with Crippen LogP contribution in [0.2, 0.25) is 0 Å². The zero-order valence-corrected chi connectivity index (χ0v) is 9.24. The molecule has 4 nitrogen and oxygen atoms in total. The lowest BCUT2D eigenvalue weighted by molar-refractivity contribution is 0.276. The van der Waals surface area contributed by atoms with Gasteiger partial charge in [-0.25, -0.2) is 4.98 Å².